The van der Waals surface area contributed by atoms with Gasteiger partial charge in [-0.1, -0.05) is 75.5 Å². The molecule has 0 bridgehead atoms. The van der Waals surface area contributed by atoms with Crippen LogP contribution in [0.5, 0.6) is 0 Å². The van der Waals surface area contributed by atoms with E-state index in [9.17, 15) is 18.0 Å². The van der Waals surface area contributed by atoms with Gasteiger partial charge in [-0.2, -0.15) is 13.2 Å². The molecule has 0 radical (unpaired) electrons. The highest BCUT2D eigenvalue weighted by Crippen LogP contribution is 2.26. The molecule has 1 atom stereocenters. The zero-order valence-electron chi connectivity index (χ0n) is 29.0. The fourth-order valence-corrected chi connectivity index (χ4v) is 4.49. The topological polar surface area (TPSA) is 53.5 Å². The van der Waals surface area contributed by atoms with Crippen molar-refractivity contribution in [1.82, 2.24) is 10.6 Å². The molecule has 0 aromatic rings. The second kappa shape index (κ2) is 20.1. The number of nitrogens with zero attached hydrogens (tertiary/aromatic N) is 1. The van der Waals surface area contributed by atoms with E-state index in [1.54, 1.807) is 45.1 Å². The van der Waals surface area contributed by atoms with Crippen LogP contribution in [0.3, 0.4) is 0 Å². The largest absolute Gasteiger partial charge is 0.409 e. The van der Waals surface area contributed by atoms with Crippen molar-refractivity contribution >= 4 is 12.0 Å². The van der Waals surface area contributed by atoms with Gasteiger partial charge in [-0.15, -0.1) is 0 Å². The van der Waals surface area contributed by atoms with Crippen molar-refractivity contribution in [3.63, 3.8) is 0 Å². The lowest BCUT2D eigenvalue weighted by Crippen LogP contribution is -2.29. The Labute approximate surface area is 275 Å². The van der Waals surface area contributed by atoms with Gasteiger partial charge in [0.1, 0.15) is 0 Å². The molecule has 4 nitrogen and oxygen atoms in total. The maximum atomic E-state index is 12.8. The lowest BCUT2D eigenvalue weighted by Gasteiger charge is -2.24. The third-order valence-corrected chi connectivity index (χ3v) is 7.01. The minimum Gasteiger partial charge on any atom is -0.382 e. The van der Waals surface area contributed by atoms with E-state index in [2.05, 4.69) is 44.1 Å². The molecule has 0 fully saturated rings. The molecule has 46 heavy (non-hydrogen) atoms. The van der Waals surface area contributed by atoms with Gasteiger partial charge < -0.3 is 10.6 Å². The Balaban J connectivity index is 3.95. The van der Waals surface area contributed by atoms with E-state index in [-0.39, 0.29) is 12.1 Å². The molecular formula is C39H52F3N3O. The van der Waals surface area contributed by atoms with Crippen molar-refractivity contribution in [2.75, 3.05) is 0 Å². The molecule has 0 amide bonds. The average Bonchev–Trinajstić information content (AvgIpc) is 3.20. The zero-order valence-corrected chi connectivity index (χ0v) is 29.0. The first-order valence-corrected chi connectivity index (χ1v) is 15.8. The number of hydrogen-bond acceptors (Lipinski definition) is 4. The van der Waals surface area contributed by atoms with Crippen molar-refractivity contribution in [3.05, 3.63) is 130 Å². The Hall–Kier alpha value is -4.13. The second-order valence-corrected chi connectivity index (χ2v) is 11.8. The van der Waals surface area contributed by atoms with Crippen LogP contribution in [-0.2, 0) is 4.79 Å². The molecule has 2 N–H and O–H groups in total. The van der Waals surface area contributed by atoms with Gasteiger partial charge in [0.2, 0.25) is 0 Å². The highest BCUT2D eigenvalue weighted by molar-refractivity contribution is 6.14. The summed E-state index contributed by atoms with van der Waals surface area (Å²) in [5.74, 6) is 0.564. The zero-order chi connectivity index (χ0) is 34.9. The fourth-order valence-electron chi connectivity index (χ4n) is 4.49. The fraction of sp³-hybridized carbons (Fsp3) is 0.385. The summed E-state index contributed by atoms with van der Waals surface area (Å²) < 4.78 is 38.3. The summed E-state index contributed by atoms with van der Waals surface area (Å²) >= 11 is 0. The SMILES string of the molecule is C=C(NC(CC)CCC(C)C)C(/C=C(C=O)/C(C)=N/C(=C\C)C(/C=C\C)=C\C=C\C(F)(F)F)=C(\C=C(C)C)C1=CC=C(C)C=CN1. The molecule has 0 saturated carbocycles. The molecule has 0 aliphatic carbocycles. The molecule has 1 aliphatic heterocycles. The standard InChI is InChI=1S/C39H52F3N3O/c1-11-15-32(16-14-22-39(40,41)42)37(13-3)45-30(9)33(26-46)25-35(31(10)44-34(12-2)19-17-27(4)5)36(24-28(6)7)38-20-18-29(8)21-23-43-38/h11,13-16,18,20-27,34,43-44H,10,12,17,19H2,1-9H3/b15-11-,22-14+,32-16-,33-25+,36-35+,37-13-,45-30+. The summed E-state index contributed by atoms with van der Waals surface area (Å²) in [5, 5.41) is 7.01. The molecule has 1 unspecified atom stereocenters. The molecule has 1 rings (SSSR count). The van der Waals surface area contributed by atoms with Crippen LogP contribution in [0.25, 0.3) is 0 Å². The minimum absolute atomic E-state index is 0.171. The van der Waals surface area contributed by atoms with Crippen LogP contribution in [0.1, 0.15) is 81.6 Å². The molecular weight excluding hydrogens is 583 g/mol. The summed E-state index contributed by atoms with van der Waals surface area (Å²) in [7, 11) is 0. The Kier molecular flexibility index (Phi) is 17.4. The first-order valence-electron chi connectivity index (χ1n) is 15.8. The van der Waals surface area contributed by atoms with Crippen molar-refractivity contribution in [2.24, 2.45) is 10.9 Å². The quantitative estimate of drug-likeness (QED) is 0.0768. The van der Waals surface area contributed by atoms with Crippen LogP contribution >= 0.6 is 0 Å². The number of alkyl halides is 3. The van der Waals surface area contributed by atoms with Gasteiger partial charge in [0.05, 0.1) is 5.70 Å². The van der Waals surface area contributed by atoms with Crippen LogP contribution in [0.2, 0.25) is 0 Å². The molecule has 1 heterocycles. The van der Waals surface area contributed by atoms with Gasteiger partial charge in [-0.05, 0) is 96.1 Å². The first-order chi connectivity index (χ1) is 21.6. The Morgan fingerprint density at radius 2 is 1.78 bits per heavy atom. The van der Waals surface area contributed by atoms with Gasteiger partial charge in [0.25, 0.3) is 0 Å². The van der Waals surface area contributed by atoms with Crippen molar-refractivity contribution in [2.45, 2.75) is 93.8 Å². The van der Waals surface area contributed by atoms with Crippen LogP contribution in [0.4, 0.5) is 13.2 Å². The van der Waals surface area contributed by atoms with E-state index in [0.29, 0.717) is 34.2 Å². The van der Waals surface area contributed by atoms with Crippen molar-refractivity contribution < 1.29 is 18.0 Å². The monoisotopic (exact) mass is 635 g/mol. The number of allylic oxidation sites excluding steroid dienone is 14. The van der Waals surface area contributed by atoms with E-state index in [0.717, 1.165) is 59.6 Å². The third kappa shape index (κ3) is 14.8. The van der Waals surface area contributed by atoms with E-state index in [1.165, 1.54) is 6.08 Å². The van der Waals surface area contributed by atoms with Crippen molar-refractivity contribution in [3.8, 4) is 0 Å². The Morgan fingerprint density at radius 3 is 2.33 bits per heavy atom. The lowest BCUT2D eigenvalue weighted by atomic mass is 9.95. The summed E-state index contributed by atoms with van der Waals surface area (Å²) in [5.41, 5.74) is 6.84. The van der Waals surface area contributed by atoms with E-state index >= 15 is 0 Å². The van der Waals surface area contributed by atoms with Crippen LogP contribution < -0.4 is 10.6 Å². The first kappa shape index (κ1) is 39.9. The second-order valence-electron chi connectivity index (χ2n) is 11.8. The normalized spacial score (nSPS) is 16.5. The number of carbonyl (C=O) groups excluding carboxylic acids is 1. The van der Waals surface area contributed by atoms with E-state index in [4.69, 9.17) is 4.99 Å². The molecule has 0 aromatic carbocycles. The maximum Gasteiger partial charge on any atom is 0.409 e. The van der Waals surface area contributed by atoms with Crippen molar-refractivity contribution in [1.29, 1.82) is 0 Å². The minimum atomic E-state index is -4.43. The molecule has 0 saturated heterocycles. The average molecular weight is 636 g/mol. The third-order valence-electron chi connectivity index (χ3n) is 7.01. The molecule has 0 aromatic heterocycles. The number of aliphatic imine (C=N–C) groups is 1. The predicted octanol–water partition coefficient (Wildman–Crippen LogP) is 10.6. The molecule has 1 aliphatic rings. The van der Waals surface area contributed by atoms with Crippen LogP contribution in [-0.4, -0.2) is 24.2 Å². The Bertz CT molecular complexity index is 1410. The molecule has 7 heteroatoms. The summed E-state index contributed by atoms with van der Waals surface area (Å²) in [6, 6.07) is 0.187. The number of rotatable bonds is 16. The summed E-state index contributed by atoms with van der Waals surface area (Å²) in [4.78, 5) is 17.4. The molecule has 250 valence electrons. The van der Waals surface area contributed by atoms with Crippen LogP contribution in [0, 0.1) is 5.92 Å². The van der Waals surface area contributed by atoms with Gasteiger partial charge in [-0.25, -0.2) is 0 Å². The lowest BCUT2D eigenvalue weighted by molar-refractivity contribution is -0.104. The highest BCUT2D eigenvalue weighted by Gasteiger charge is 2.21. The summed E-state index contributed by atoms with van der Waals surface area (Å²) in [6.45, 7) is 22.3. The number of hydrogen-bond donors (Lipinski definition) is 2. The van der Waals surface area contributed by atoms with E-state index < -0.39 is 6.18 Å². The smallest absolute Gasteiger partial charge is 0.382 e. The predicted molar refractivity (Wildman–Crippen MR) is 190 cm³/mol. The van der Waals surface area contributed by atoms with Gasteiger partial charge in [0.15, 0.2) is 6.29 Å². The number of aldehydes is 1. The maximum absolute atomic E-state index is 12.8. The number of halogens is 3. The molecule has 0 spiro atoms. The van der Waals surface area contributed by atoms with E-state index in [1.807, 2.05) is 45.2 Å². The highest BCUT2D eigenvalue weighted by atomic mass is 19.4. The number of nitrogens with one attached hydrogen (secondary N) is 2. The van der Waals surface area contributed by atoms with Gasteiger partial charge in [-0.3, -0.25) is 9.79 Å². The Morgan fingerprint density at radius 1 is 1.09 bits per heavy atom. The van der Waals surface area contributed by atoms with Crippen LogP contribution in [0.15, 0.2) is 135 Å². The summed E-state index contributed by atoms with van der Waals surface area (Å²) in [6.07, 6.45) is 18.6. The van der Waals surface area contributed by atoms with Gasteiger partial charge >= 0.3 is 6.18 Å². The number of carbonyl (C=O) groups is 1. The van der Waals surface area contributed by atoms with Gasteiger partial charge in [0, 0.05) is 52.1 Å².